The number of carbonyl (C=O) groups is 1. The van der Waals surface area contributed by atoms with Crippen molar-refractivity contribution in [2.24, 2.45) is 7.05 Å². The summed E-state index contributed by atoms with van der Waals surface area (Å²) in [6.07, 6.45) is 0.460. The molecule has 1 amide bonds. The molecular weight excluding hydrogens is 492 g/mol. The number of fused-ring (bicyclic) bond motifs is 2. The number of amides is 1. The quantitative estimate of drug-likeness (QED) is 0.407. The van der Waals surface area contributed by atoms with Crippen LogP contribution in [0, 0.1) is 6.92 Å². The number of hydrogen-bond donors (Lipinski definition) is 2. The lowest BCUT2D eigenvalue weighted by Gasteiger charge is -2.25. The van der Waals surface area contributed by atoms with Crippen LogP contribution in [0.3, 0.4) is 0 Å². The molecule has 10 nitrogen and oxygen atoms in total. The lowest BCUT2D eigenvalue weighted by Crippen LogP contribution is -2.36. The molecule has 1 aliphatic rings. The number of aromatic amines is 1. The van der Waals surface area contributed by atoms with E-state index in [9.17, 15) is 22.0 Å². The summed E-state index contributed by atoms with van der Waals surface area (Å²) in [5, 5.41) is 10.2. The second-order valence-corrected chi connectivity index (χ2v) is 10.5. The number of aromatic nitrogens is 5. The highest BCUT2D eigenvalue weighted by Gasteiger charge is 2.36. The topological polar surface area (TPSA) is 126 Å². The molecule has 36 heavy (non-hydrogen) atoms. The smallest absolute Gasteiger partial charge is 0.279 e. The summed E-state index contributed by atoms with van der Waals surface area (Å²) in [4.78, 5) is 21.0. The fourth-order valence-electron chi connectivity index (χ4n) is 4.44. The summed E-state index contributed by atoms with van der Waals surface area (Å²) in [5.74, 6) is -0.0693. The first-order valence-corrected chi connectivity index (χ1v) is 12.6. The maximum atomic E-state index is 14.0. The second kappa shape index (κ2) is 9.06. The third-order valence-electron chi connectivity index (χ3n) is 6.34. The van der Waals surface area contributed by atoms with Crippen molar-refractivity contribution >= 4 is 26.8 Å². The molecule has 0 fully saturated rings. The molecule has 1 aromatic carbocycles. The maximum absolute atomic E-state index is 14.0. The average molecular weight is 516 g/mol. The fraction of sp³-hybridized carbons (Fsp3) is 0.304. The molecule has 0 spiro atoms. The molecule has 0 radical (unpaired) electrons. The van der Waals surface area contributed by atoms with Gasteiger partial charge in [0.25, 0.3) is 12.3 Å². The molecule has 4 aromatic rings. The van der Waals surface area contributed by atoms with Crippen molar-refractivity contribution in [1.82, 2.24) is 34.4 Å². The zero-order valence-corrected chi connectivity index (χ0v) is 20.3. The Kier molecular flexibility index (Phi) is 6.04. The van der Waals surface area contributed by atoms with Crippen LogP contribution in [0.4, 0.5) is 8.78 Å². The number of H-pyrrole nitrogens is 1. The van der Waals surface area contributed by atoms with Crippen LogP contribution in [0.25, 0.3) is 10.9 Å². The first-order chi connectivity index (χ1) is 17.2. The summed E-state index contributed by atoms with van der Waals surface area (Å²) >= 11 is 0. The molecule has 0 atom stereocenters. The van der Waals surface area contributed by atoms with Crippen LogP contribution in [0.5, 0.6) is 0 Å². The lowest BCUT2D eigenvalue weighted by molar-refractivity contribution is 0.0940. The number of sulfonamides is 1. The summed E-state index contributed by atoms with van der Waals surface area (Å²) in [7, 11) is -3.04. The number of aryl methyl sites for hydroxylation is 1. The van der Waals surface area contributed by atoms with E-state index >= 15 is 0 Å². The van der Waals surface area contributed by atoms with Gasteiger partial charge < -0.3 is 9.88 Å². The number of benzene rings is 1. The van der Waals surface area contributed by atoms with Gasteiger partial charge in [-0.05, 0) is 24.6 Å². The average Bonchev–Trinajstić information content (AvgIpc) is 3.46. The highest BCUT2D eigenvalue weighted by Crippen LogP contribution is 2.33. The highest BCUT2D eigenvalue weighted by atomic mass is 32.2. The highest BCUT2D eigenvalue weighted by molar-refractivity contribution is 7.89. The van der Waals surface area contributed by atoms with Gasteiger partial charge in [0.2, 0.25) is 10.0 Å². The molecule has 4 heterocycles. The van der Waals surface area contributed by atoms with E-state index in [0.717, 1.165) is 31.6 Å². The van der Waals surface area contributed by atoms with Crippen LogP contribution in [-0.2, 0) is 36.6 Å². The summed E-state index contributed by atoms with van der Waals surface area (Å²) in [6, 6.07) is 6.44. The van der Waals surface area contributed by atoms with Crippen LogP contribution in [0.2, 0.25) is 0 Å². The van der Waals surface area contributed by atoms with E-state index in [0.29, 0.717) is 23.3 Å². The first kappa shape index (κ1) is 24.0. The van der Waals surface area contributed by atoms with Crippen molar-refractivity contribution in [3.8, 4) is 0 Å². The number of nitrogens with one attached hydrogen (secondary N) is 2. The molecule has 0 unspecified atom stereocenters. The largest absolute Gasteiger partial charge is 0.347 e. The van der Waals surface area contributed by atoms with Gasteiger partial charge in [0, 0.05) is 55.9 Å². The number of halogens is 2. The zero-order valence-electron chi connectivity index (χ0n) is 19.5. The Morgan fingerprint density at radius 1 is 1.28 bits per heavy atom. The van der Waals surface area contributed by atoms with Gasteiger partial charge in [0.05, 0.1) is 11.7 Å². The molecule has 1 aliphatic heterocycles. The monoisotopic (exact) mass is 515 g/mol. The van der Waals surface area contributed by atoms with E-state index in [1.807, 2.05) is 6.07 Å². The van der Waals surface area contributed by atoms with Gasteiger partial charge in [-0.25, -0.2) is 27.2 Å². The molecule has 5 rings (SSSR count). The van der Waals surface area contributed by atoms with Gasteiger partial charge >= 0.3 is 0 Å². The third-order valence-corrected chi connectivity index (χ3v) is 8.22. The fourth-order valence-corrected chi connectivity index (χ4v) is 6.11. The molecule has 0 aliphatic carbocycles. The van der Waals surface area contributed by atoms with E-state index < -0.39 is 32.9 Å². The lowest BCUT2D eigenvalue weighted by atomic mass is 10.1. The Hall–Kier alpha value is -3.71. The first-order valence-electron chi connectivity index (χ1n) is 11.1. The molecule has 2 N–H and O–H groups in total. The second-order valence-electron chi connectivity index (χ2n) is 8.55. The van der Waals surface area contributed by atoms with Crippen molar-refractivity contribution in [2.75, 3.05) is 6.54 Å². The van der Waals surface area contributed by atoms with E-state index in [4.69, 9.17) is 0 Å². The Morgan fingerprint density at radius 2 is 2.08 bits per heavy atom. The van der Waals surface area contributed by atoms with E-state index in [-0.39, 0.29) is 25.3 Å². The van der Waals surface area contributed by atoms with Crippen LogP contribution in [0.15, 0.2) is 41.6 Å². The Bertz CT molecular complexity index is 1580. The molecule has 13 heteroatoms. The van der Waals surface area contributed by atoms with Crippen molar-refractivity contribution in [3.05, 3.63) is 70.7 Å². The normalized spacial score (nSPS) is 14.4. The minimum Gasteiger partial charge on any atom is -0.347 e. The predicted molar refractivity (Wildman–Crippen MR) is 126 cm³/mol. The van der Waals surface area contributed by atoms with E-state index in [2.05, 4.69) is 25.5 Å². The van der Waals surface area contributed by atoms with Crippen molar-refractivity contribution < 1.29 is 22.0 Å². The third kappa shape index (κ3) is 4.13. The van der Waals surface area contributed by atoms with Crippen LogP contribution in [0.1, 0.15) is 45.3 Å². The molecule has 0 saturated carbocycles. The Labute approximate surface area is 205 Å². The molecule has 0 saturated heterocycles. The standard InChI is InChI=1S/C23H23F2N7O3S/c1-13-26-11-16-14(4-3-5-18(16)29-13)9-27-23(33)19-8-20(21(22(24)25)31(19)2)36(34,35)32-7-6-17-15(12-32)10-28-30-17/h3-5,8,10-11,22H,6-7,9,12H2,1-2H3,(H,27,33)(H,28,30). The molecule has 188 valence electrons. The Balaban J connectivity index is 1.43. The van der Waals surface area contributed by atoms with E-state index in [1.165, 1.54) is 13.2 Å². The molecule has 0 bridgehead atoms. The number of carbonyl (C=O) groups excluding carboxylic acids is 1. The summed E-state index contributed by atoms with van der Waals surface area (Å²) < 4.78 is 56.9. The molecule has 3 aromatic heterocycles. The summed E-state index contributed by atoms with van der Waals surface area (Å²) in [6.45, 7) is 1.97. The van der Waals surface area contributed by atoms with Gasteiger partial charge in [-0.3, -0.25) is 9.89 Å². The van der Waals surface area contributed by atoms with Crippen molar-refractivity contribution in [1.29, 1.82) is 0 Å². The molecular formula is C23H23F2N7O3S. The minimum atomic E-state index is -4.30. The van der Waals surface area contributed by atoms with Crippen LogP contribution < -0.4 is 5.32 Å². The number of alkyl halides is 2. The van der Waals surface area contributed by atoms with Crippen LogP contribution in [-0.4, -0.2) is 49.9 Å². The number of nitrogens with zero attached hydrogens (tertiary/aromatic N) is 5. The van der Waals surface area contributed by atoms with Crippen LogP contribution >= 0.6 is 0 Å². The van der Waals surface area contributed by atoms with Gasteiger partial charge in [0.1, 0.15) is 22.1 Å². The van der Waals surface area contributed by atoms with Gasteiger partial charge in [-0.2, -0.15) is 9.40 Å². The number of hydrogen-bond acceptors (Lipinski definition) is 6. The number of rotatable bonds is 6. The SMILES string of the molecule is Cc1ncc2c(CNC(=O)c3cc(S(=O)(=O)N4CCc5[nH]ncc5C4)c(C(F)F)n3C)cccc2n1. The minimum absolute atomic E-state index is 0.00982. The summed E-state index contributed by atoms with van der Waals surface area (Å²) in [5.41, 5.74) is 2.04. The van der Waals surface area contributed by atoms with E-state index in [1.54, 1.807) is 25.3 Å². The van der Waals surface area contributed by atoms with Gasteiger partial charge in [-0.15, -0.1) is 0 Å². The van der Waals surface area contributed by atoms with Crippen molar-refractivity contribution in [3.63, 3.8) is 0 Å². The van der Waals surface area contributed by atoms with Gasteiger partial charge in [0.15, 0.2) is 0 Å². The Morgan fingerprint density at radius 3 is 2.86 bits per heavy atom. The van der Waals surface area contributed by atoms with Gasteiger partial charge in [-0.1, -0.05) is 12.1 Å². The van der Waals surface area contributed by atoms with Crippen molar-refractivity contribution in [2.45, 2.75) is 37.8 Å². The maximum Gasteiger partial charge on any atom is 0.279 e. The zero-order chi connectivity index (χ0) is 25.6. The predicted octanol–water partition coefficient (Wildman–Crippen LogP) is 2.61.